The minimum Gasteiger partial charge on any atom is -0.507 e. The Morgan fingerprint density at radius 3 is 2.35 bits per heavy atom. The smallest absolute Gasteiger partial charge is 0.349 e. The first-order chi connectivity index (χ1) is 8.00. The summed E-state index contributed by atoms with van der Waals surface area (Å²) in [7, 11) is 0. The van der Waals surface area contributed by atoms with Gasteiger partial charge in [0.05, 0.1) is 0 Å². The zero-order valence-corrected chi connectivity index (χ0v) is 8.49. The summed E-state index contributed by atoms with van der Waals surface area (Å²) in [5, 5.41) is 17.5. The molecule has 6 nitrogen and oxygen atoms in total. The van der Waals surface area contributed by atoms with Crippen LogP contribution in [0.5, 0.6) is 5.75 Å². The van der Waals surface area contributed by atoms with Crippen LogP contribution >= 0.6 is 0 Å². The Balaban J connectivity index is 2.71. The lowest BCUT2D eigenvalue weighted by Gasteiger charge is -2.01. The van der Waals surface area contributed by atoms with Crippen molar-refractivity contribution in [1.82, 2.24) is 0 Å². The number of rotatable bonds is 3. The Hall–Kier alpha value is -2.63. The van der Waals surface area contributed by atoms with Crippen molar-refractivity contribution in [3.8, 4) is 5.75 Å². The van der Waals surface area contributed by atoms with Crippen molar-refractivity contribution in [2.24, 2.45) is 0 Å². The predicted molar refractivity (Wildman–Crippen MR) is 55.3 cm³/mol. The van der Waals surface area contributed by atoms with E-state index in [-0.39, 0.29) is 11.3 Å². The third-order valence-electron chi connectivity index (χ3n) is 1.68. The van der Waals surface area contributed by atoms with Crippen LogP contribution in [0.2, 0.25) is 0 Å². The number of benzene rings is 1. The number of hydrogen-bond acceptors (Lipinski definition) is 5. The summed E-state index contributed by atoms with van der Waals surface area (Å²) in [5.41, 5.74) is -0.176. The van der Waals surface area contributed by atoms with Gasteiger partial charge in [0.15, 0.2) is 0 Å². The lowest BCUT2D eigenvalue weighted by molar-refractivity contribution is -0.134. The lowest BCUT2D eigenvalue weighted by atomic mass is 10.2. The van der Waals surface area contributed by atoms with Crippen LogP contribution in [0.15, 0.2) is 36.4 Å². The SMILES string of the molecule is O=C(O)C=CC(=O)OC(=O)c1ccccc1O. The fourth-order valence-corrected chi connectivity index (χ4v) is 0.966. The summed E-state index contributed by atoms with van der Waals surface area (Å²) >= 11 is 0. The van der Waals surface area contributed by atoms with Crippen LogP contribution in [0, 0.1) is 0 Å². The number of phenols is 1. The molecule has 0 aliphatic rings. The van der Waals surface area contributed by atoms with Crippen molar-refractivity contribution in [1.29, 1.82) is 0 Å². The molecule has 1 rings (SSSR count). The predicted octanol–water partition coefficient (Wildman–Crippen LogP) is 0.716. The van der Waals surface area contributed by atoms with E-state index < -0.39 is 17.9 Å². The van der Waals surface area contributed by atoms with E-state index in [1.54, 1.807) is 0 Å². The molecule has 0 amide bonds. The fourth-order valence-electron chi connectivity index (χ4n) is 0.966. The first-order valence-electron chi connectivity index (χ1n) is 4.46. The maximum Gasteiger partial charge on any atom is 0.349 e. The second kappa shape index (κ2) is 5.45. The van der Waals surface area contributed by atoms with E-state index in [1.807, 2.05) is 0 Å². The molecule has 0 spiro atoms. The number of ether oxygens (including phenoxy) is 1. The van der Waals surface area contributed by atoms with Gasteiger partial charge in [-0.3, -0.25) is 0 Å². The van der Waals surface area contributed by atoms with Crippen molar-refractivity contribution in [2.45, 2.75) is 0 Å². The second-order valence-corrected chi connectivity index (χ2v) is 2.90. The van der Waals surface area contributed by atoms with Gasteiger partial charge in [-0.1, -0.05) is 12.1 Å². The van der Waals surface area contributed by atoms with Crippen LogP contribution in [0.25, 0.3) is 0 Å². The molecule has 6 heteroatoms. The first kappa shape index (κ1) is 12.4. The minimum atomic E-state index is -1.34. The Morgan fingerprint density at radius 1 is 1.12 bits per heavy atom. The van der Waals surface area contributed by atoms with Crippen LogP contribution in [-0.2, 0) is 14.3 Å². The fraction of sp³-hybridized carbons (Fsp3) is 0. The van der Waals surface area contributed by atoms with E-state index in [0.29, 0.717) is 12.2 Å². The molecule has 0 aliphatic carbocycles. The molecule has 0 fully saturated rings. The van der Waals surface area contributed by atoms with Crippen molar-refractivity contribution >= 4 is 17.9 Å². The highest BCUT2D eigenvalue weighted by atomic mass is 16.6. The van der Waals surface area contributed by atoms with Gasteiger partial charge in [-0.25, -0.2) is 14.4 Å². The molecular weight excluding hydrogens is 228 g/mol. The molecule has 0 bridgehead atoms. The highest BCUT2D eigenvalue weighted by Gasteiger charge is 2.14. The van der Waals surface area contributed by atoms with Crippen LogP contribution in [-0.4, -0.2) is 28.1 Å². The number of aliphatic carboxylic acids is 1. The Morgan fingerprint density at radius 2 is 1.76 bits per heavy atom. The Labute approximate surface area is 95.8 Å². The molecule has 0 aliphatic heterocycles. The van der Waals surface area contributed by atoms with Gasteiger partial charge in [0.1, 0.15) is 11.3 Å². The zero-order valence-electron chi connectivity index (χ0n) is 8.49. The number of carbonyl (C=O) groups excluding carboxylic acids is 2. The Bertz CT molecular complexity index is 488. The Kier molecular flexibility index (Phi) is 3.99. The summed E-state index contributed by atoms with van der Waals surface area (Å²) < 4.78 is 4.28. The molecular formula is C11H8O6. The molecule has 0 heterocycles. The maximum atomic E-state index is 11.3. The molecule has 0 radical (unpaired) electrons. The number of carboxylic acid groups (broad SMARTS) is 1. The van der Waals surface area contributed by atoms with E-state index in [0.717, 1.165) is 0 Å². The standard InChI is InChI=1S/C11H8O6/c12-8-4-2-1-3-7(8)11(16)17-10(15)6-5-9(13)14/h1-6,12H,(H,13,14). The lowest BCUT2D eigenvalue weighted by Crippen LogP contribution is -2.10. The van der Waals surface area contributed by atoms with Crippen LogP contribution in [0.3, 0.4) is 0 Å². The quantitative estimate of drug-likeness (QED) is 0.455. The summed E-state index contributed by atoms with van der Waals surface area (Å²) in [4.78, 5) is 32.4. The summed E-state index contributed by atoms with van der Waals surface area (Å²) in [5.74, 6) is -3.84. The number of carbonyl (C=O) groups is 3. The van der Waals surface area contributed by atoms with Gasteiger partial charge in [0.2, 0.25) is 0 Å². The van der Waals surface area contributed by atoms with Crippen LogP contribution in [0.4, 0.5) is 0 Å². The third kappa shape index (κ3) is 3.78. The maximum absolute atomic E-state index is 11.3. The van der Waals surface area contributed by atoms with E-state index in [4.69, 9.17) is 5.11 Å². The largest absolute Gasteiger partial charge is 0.507 e. The third-order valence-corrected chi connectivity index (χ3v) is 1.68. The summed E-state index contributed by atoms with van der Waals surface area (Å²) in [6.45, 7) is 0. The number of para-hydroxylation sites is 1. The average molecular weight is 236 g/mol. The number of phenolic OH excluding ortho intramolecular Hbond substituents is 1. The van der Waals surface area contributed by atoms with Gasteiger partial charge in [-0.15, -0.1) is 0 Å². The molecule has 0 saturated carbocycles. The molecule has 0 aromatic heterocycles. The van der Waals surface area contributed by atoms with Crippen molar-refractivity contribution in [3.63, 3.8) is 0 Å². The summed E-state index contributed by atoms with van der Waals surface area (Å²) in [6.07, 6.45) is 1.14. The van der Waals surface area contributed by atoms with E-state index in [2.05, 4.69) is 4.74 Å². The van der Waals surface area contributed by atoms with E-state index in [9.17, 15) is 19.5 Å². The molecule has 0 saturated heterocycles. The summed E-state index contributed by atoms with van der Waals surface area (Å²) in [6, 6.07) is 5.51. The van der Waals surface area contributed by atoms with Crippen molar-refractivity contribution in [3.05, 3.63) is 42.0 Å². The molecule has 0 atom stereocenters. The van der Waals surface area contributed by atoms with Crippen molar-refractivity contribution in [2.75, 3.05) is 0 Å². The second-order valence-electron chi connectivity index (χ2n) is 2.90. The molecule has 2 N–H and O–H groups in total. The number of aromatic hydroxyl groups is 1. The van der Waals surface area contributed by atoms with Crippen LogP contribution < -0.4 is 0 Å². The van der Waals surface area contributed by atoms with Gasteiger partial charge in [-0.05, 0) is 12.1 Å². The molecule has 17 heavy (non-hydrogen) atoms. The highest BCUT2D eigenvalue weighted by Crippen LogP contribution is 2.16. The van der Waals surface area contributed by atoms with Gasteiger partial charge < -0.3 is 14.9 Å². The zero-order chi connectivity index (χ0) is 12.8. The average Bonchev–Trinajstić information content (AvgIpc) is 2.26. The first-order valence-corrected chi connectivity index (χ1v) is 4.46. The van der Waals surface area contributed by atoms with E-state index >= 15 is 0 Å². The van der Waals surface area contributed by atoms with Crippen LogP contribution in [0.1, 0.15) is 10.4 Å². The van der Waals surface area contributed by atoms with Crippen molar-refractivity contribution < 1.29 is 29.3 Å². The van der Waals surface area contributed by atoms with Gasteiger partial charge in [0.25, 0.3) is 0 Å². The van der Waals surface area contributed by atoms with Gasteiger partial charge in [-0.2, -0.15) is 0 Å². The number of carboxylic acids is 1. The minimum absolute atomic E-state index is 0.176. The van der Waals surface area contributed by atoms with E-state index in [1.165, 1.54) is 24.3 Å². The molecule has 0 unspecified atom stereocenters. The molecule has 1 aromatic carbocycles. The molecule has 88 valence electrons. The highest BCUT2D eigenvalue weighted by molar-refractivity contribution is 6.02. The topological polar surface area (TPSA) is 101 Å². The van der Waals surface area contributed by atoms with Gasteiger partial charge in [0, 0.05) is 12.2 Å². The van der Waals surface area contributed by atoms with Gasteiger partial charge >= 0.3 is 17.9 Å². The monoisotopic (exact) mass is 236 g/mol. The molecule has 1 aromatic rings. The normalized spacial score (nSPS) is 10.1. The number of hydrogen-bond donors (Lipinski definition) is 2. The number of esters is 2.